The van der Waals surface area contributed by atoms with E-state index >= 15 is 0 Å². The summed E-state index contributed by atoms with van der Waals surface area (Å²) in [6, 6.07) is 12.5. The van der Waals surface area contributed by atoms with Crippen LogP contribution in [0.25, 0.3) is 0 Å². The lowest BCUT2D eigenvalue weighted by molar-refractivity contribution is -0.133. The number of likely N-dealkylation sites (tertiary alicyclic amines) is 1. The third-order valence-electron chi connectivity index (χ3n) is 6.90. The predicted octanol–water partition coefficient (Wildman–Crippen LogP) is 3.89. The Morgan fingerprint density at radius 2 is 1.64 bits per heavy atom. The molecule has 0 aliphatic carbocycles. The third kappa shape index (κ3) is 5.61. The van der Waals surface area contributed by atoms with E-state index in [1.165, 1.54) is 11.1 Å². The first-order valence-electron chi connectivity index (χ1n) is 12.1. The summed E-state index contributed by atoms with van der Waals surface area (Å²) in [5.41, 5.74) is 3.35. The molecule has 0 N–H and O–H groups in total. The van der Waals surface area contributed by atoms with Gasteiger partial charge in [0.25, 0.3) is 5.91 Å². The van der Waals surface area contributed by atoms with Crippen LogP contribution in [-0.2, 0) is 10.2 Å². The summed E-state index contributed by atoms with van der Waals surface area (Å²) >= 11 is 0. The number of amides is 2. The Bertz CT molecular complexity index is 952. The maximum Gasteiger partial charge on any atom is 0.254 e. The molecule has 1 atom stereocenters. The van der Waals surface area contributed by atoms with Gasteiger partial charge in [-0.05, 0) is 47.9 Å². The number of pyridine rings is 1. The van der Waals surface area contributed by atoms with Crippen LogP contribution in [0.4, 0.5) is 0 Å². The first-order chi connectivity index (χ1) is 15.8. The van der Waals surface area contributed by atoms with E-state index in [9.17, 15) is 9.59 Å². The van der Waals surface area contributed by atoms with Gasteiger partial charge in [0.05, 0.1) is 12.6 Å². The standard InChI is InChI=1S/C27H36N4O2/c1-27(2,3)23-9-7-21(8-10-23)24-6-4-17-31(24)25(32)20-29-15-5-16-30(19-18-29)26(33)22-11-13-28-14-12-22/h7-14,24H,4-6,15-20H2,1-3H3. The molecule has 1 aromatic carbocycles. The van der Waals surface area contributed by atoms with Crippen molar-refractivity contribution in [2.24, 2.45) is 0 Å². The average Bonchev–Trinajstić information content (AvgIpc) is 3.19. The van der Waals surface area contributed by atoms with E-state index in [2.05, 4.69) is 59.8 Å². The van der Waals surface area contributed by atoms with Crippen LogP contribution in [0.1, 0.15) is 67.6 Å². The second-order valence-corrected chi connectivity index (χ2v) is 10.3. The zero-order chi connectivity index (χ0) is 23.4. The minimum absolute atomic E-state index is 0.0453. The molecule has 176 valence electrons. The van der Waals surface area contributed by atoms with Gasteiger partial charge in [-0.2, -0.15) is 0 Å². The lowest BCUT2D eigenvalue weighted by atomic mass is 9.86. The van der Waals surface area contributed by atoms with Gasteiger partial charge in [-0.1, -0.05) is 45.0 Å². The molecule has 33 heavy (non-hydrogen) atoms. The number of carbonyl (C=O) groups excluding carboxylic acids is 2. The number of hydrogen-bond acceptors (Lipinski definition) is 4. The molecule has 2 aromatic rings. The van der Waals surface area contributed by atoms with Crippen LogP contribution >= 0.6 is 0 Å². The van der Waals surface area contributed by atoms with Gasteiger partial charge in [-0.15, -0.1) is 0 Å². The van der Waals surface area contributed by atoms with Crippen LogP contribution in [0.5, 0.6) is 0 Å². The van der Waals surface area contributed by atoms with Crippen molar-refractivity contribution in [1.82, 2.24) is 19.7 Å². The van der Waals surface area contributed by atoms with E-state index in [1.54, 1.807) is 24.5 Å². The van der Waals surface area contributed by atoms with Gasteiger partial charge >= 0.3 is 0 Å². The summed E-state index contributed by atoms with van der Waals surface area (Å²) in [6.45, 7) is 10.8. The summed E-state index contributed by atoms with van der Waals surface area (Å²) in [6.07, 6.45) is 6.25. The van der Waals surface area contributed by atoms with Gasteiger partial charge in [-0.3, -0.25) is 19.5 Å². The minimum atomic E-state index is 0.0453. The highest BCUT2D eigenvalue weighted by molar-refractivity contribution is 5.94. The zero-order valence-corrected chi connectivity index (χ0v) is 20.2. The second-order valence-electron chi connectivity index (χ2n) is 10.3. The summed E-state index contributed by atoms with van der Waals surface area (Å²) in [4.78, 5) is 36.2. The lowest BCUT2D eigenvalue weighted by Crippen LogP contribution is -2.42. The highest BCUT2D eigenvalue weighted by Crippen LogP contribution is 2.33. The Morgan fingerprint density at radius 1 is 0.909 bits per heavy atom. The fourth-order valence-electron chi connectivity index (χ4n) is 4.91. The summed E-state index contributed by atoms with van der Waals surface area (Å²) in [5.74, 6) is 0.246. The highest BCUT2D eigenvalue weighted by Gasteiger charge is 2.31. The van der Waals surface area contributed by atoms with E-state index < -0.39 is 0 Å². The van der Waals surface area contributed by atoms with Crippen LogP contribution < -0.4 is 0 Å². The van der Waals surface area contributed by atoms with E-state index in [-0.39, 0.29) is 23.3 Å². The number of aromatic nitrogens is 1. The molecule has 0 radical (unpaired) electrons. The molecule has 2 amide bonds. The smallest absolute Gasteiger partial charge is 0.254 e. The molecule has 0 spiro atoms. The van der Waals surface area contributed by atoms with Crippen molar-refractivity contribution in [3.8, 4) is 0 Å². The van der Waals surface area contributed by atoms with Gasteiger partial charge in [0.1, 0.15) is 0 Å². The molecule has 2 saturated heterocycles. The molecule has 6 heteroatoms. The molecular weight excluding hydrogens is 412 g/mol. The van der Waals surface area contributed by atoms with Gasteiger partial charge in [0.15, 0.2) is 0 Å². The Balaban J connectivity index is 1.35. The summed E-state index contributed by atoms with van der Waals surface area (Å²) < 4.78 is 0. The third-order valence-corrected chi connectivity index (χ3v) is 6.90. The Hall–Kier alpha value is -2.73. The van der Waals surface area contributed by atoms with E-state index in [0.29, 0.717) is 18.7 Å². The van der Waals surface area contributed by atoms with Gasteiger partial charge in [0, 0.05) is 50.7 Å². The molecule has 6 nitrogen and oxygen atoms in total. The first kappa shape index (κ1) is 23.4. The molecule has 1 unspecified atom stereocenters. The molecular formula is C27H36N4O2. The number of benzene rings is 1. The van der Waals surface area contributed by atoms with Crippen LogP contribution in [-0.4, -0.2) is 70.8 Å². The quantitative estimate of drug-likeness (QED) is 0.712. The number of hydrogen-bond donors (Lipinski definition) is 0. The topological polar surface area (TPSA) is 56.8 Å². The van der Waals surface area contributed by atoms with Crippen LogP contribution in [0.3, 0.4) is 0 Å². The molecule has 1 aromatic heterocycles. The summed E-state index contributed by atoms with van der Waals surface area (Å²) in [5, 5.41) is 0. The van der Waals surface area contributed by atoms with Crippen molar-refractivity contribution >= 4 is 11.8 Å². The monoisotopic (exact) mass is 448 g/mol. The maximum absolute atomic E-state index is 13.3. The predicted molar refractivity (Wildman–Crippen MR) is 130 cm³/mol. The van der Waals surface area contributed by atoms with Gasteiger partial charge in [0.2, 0.25) is 5.91 Å². The van der Waals surface area contributed by atoms with Crippen LogP contribution in [0, 0.1) is 0 Å². The molecule has 2 aliphatic rings. The zero-order valence-electron chi connectivity index (χ0n) is 20.2. The molecule has 4 rings (SSSR count). The Kier molecular flexibility index (Phi) is 7.13. The SMILES string of the molecule is CC(C)(C)c1ccc(C2CCCN2C(=O)CN2CCCN(C(=O)c3ccncc3)CC2)cc1. The average molecular weight is 449 g/mol. The van der Waals surface area contributed by atoms with E-state index in [4.69, 9.17) is 0 Å². The van der Waals surface area contributed by atoms with Crippen molar-refractivity contribution in [3.05, 3.63) is 65.5 Å². The van der Waals surface area contributed by atoms with Crippen molar-refractivity contribution in [2.45, 2.75) is 51.5 Å². The van der Waals surface area contributed by atoms with E-state index in [0.717, 1.165) is 45.4 Å². The molecule has 0 bridgehead atoms. The minimum Gasteiger partial charge on any atom is -0.337 e. The Labute approximate surface area is 197 Å². The highest BCUT2D eigenvalue weighted by atomic mass is 16.2. The van der Waals surface area contributed by atoms with Gasteiger partial charge in [-0.25, -0.2) is 0 Å². The van der Waals surface area contributed by atoms with Crippen molar-refractivity contribution in [3.63, 3.8) is 0 Å². The fraction of sp³-hybridized carbons (Fsp3) is 0.519. The molecule has 0 saturated carbocycles. The van der Waals surface area contributed by atoms with Crippen LogP contribution in [0.2, 0.25) is 0 Å². The molecule has 2 fully saturated rings. The van der Waals surface area contributed by atoms with Gasteiger partial charge < -0.3 is 9.80 Å². The van der Waals surface area contributed by atoms with Crippen molar-refractivity contribution in [2.75, 3.05) is 39.3 Å². The van der Waals surface area contributed by atoms with Crippen LogP contribution in [0.15, 0.2) is 48.8 Å². The van der Waals surface area contributed by atoms with Crippen molar-refractivity contribution < 1.29 is 9.59 Å². The largest absolute Gasteiger partial charge is 0.337 e. The lowest BCUT2D eigenvalue weighted by Gasteiger charge is -2.29. The van der Waals surface area contributed by atoms with Crippen molar-refractivity contribution in [1.29, 1.82) is 0 Å². The molecule has 2 aliphatic heterocycles. The maximum atomic E-state index is 13.3. The number of rotatable bonds is 4. The first-order valence-corrected chi connectivity index (χ1v) is 12.1. The fourth-order valence-corrected chi connectivity index (χ4v) is 4.91. The number of carbonyl (C=O) groups is 2. The van der Waals surface area contributed by atoms with E-state index in [1.807, 2.05) is 4.90 Å². The Morgan fingerprint density at radius 3 is 2.33 bits per heavy atom. The summed E-state index contributed by atoms with van der Waals surface area (Å²) in [7, 11) is 0. The molecule has 3 heterocycles. The number of nitrogens with zero attached hydrogens (tertiary/aromatic N) is 4. The normalized spacial score (nSPS) is 20.0. The second kappa shape index (κ2) is 10.0.